The van der Waals surface area contributed by atoms with Crippen molar-refractivity contribution in [1.29, 1.82) is 0 Å². The Labute approximate surface area is 67.5 Å². The lowest BCUT2D eigenvalue weighted by Crippen LogP contribution is -2.35. The van der Waals surface area contributed by atoms with E-state index in [-0.39, 0.29) is 12.5 Å². The second-order valence-electron chi connectivity index (χ2n) is 2.45. The van der Waals surface area contributed by atoms with Gasteiger partial charge in [-0.15, -0.1) is 0 Å². The second-order valence-corrected chi connectivity index (χ2v) is 2.45. The fourth-order valence-electron chi connectivity index (χ4n) is 0.490. The fraction of sp³-hybridized carbons (Fsp3) is 0.857. The quantitative estimate of drug-likeness (QED) is 0.454. The summed E-state index contributed by atoms with van der Waals surface area (Å²) >= 11 is 0. The minimum Gasteiger partial charge on any atom is -0.465 e. The molecule has 0 aromatic carbocycles. The molecular weight excluding hydrogens is 144 g/mol. The van der Waals surface area contributed by atoms with E-state index in [1.807, 2.05) is 21.0 Å². The SMILES string of the molecule is CCCOC(=O)CNN(C)C. The number of carbonyl (C=O) groups is 1. The van der Waals surface area contributed by atoms with Gasteiger partial charge >= 0.3 is 5.97 Å². The van der Waals surface area contributed by atoms with Crippen LogP contribution < -0.4 is 5.43 Å². The Morgan fingerprint density at radius 3 is 2.64 bits per heavy atom. The summed E-state index contributed by atoms with van der Waals surface area (Å²) in [5.41, 5.74) is 2.81. The summed E-state index contributed by atoms with van der Waals surface area (Å²) in [6, 6.07) is 0. The molecule has 0 saturated carbocycles. The zero-order valence-electron chi connectivity index (χ0n) is 7.39. The Hall–Kier alpha value is -0.610. The summed E-state index contributed by atoms with van der Waals surface area (Å²) in [5.74, 6) is -0.208. The highest BCUT2D eigenvalue weighted by Gasteiger charge is 2.00. The monoisotopic (exact) mass is 160 g/mol. The minimum atomic E-state index is -0.208. The van der Waals surface area contributed by atoms with Gasteiger partial charge in [0.25, 0.3) is 0 Å². The average Bonchev–Trinajstić information content (AvgIpc) is 1.97. The minimum absolute atomic E-state index is 0.208. The largest absolute Gasteiger partial charge is 0.465 e. The first-order valence-corrected chi connectivity index (χ1v) is 3.73. The molecule has 0 aliphatic carbocycles. The third-order valence-corrected chi connectivity index (χ3v) is 1.01. The van der Waals surface area contributed by atoms with Gasteiger partial charge in [-0.3, -0.25) is 9.80 Å². The van der Waals surface area contributed by atoms with Crippen molar-refractivity contribution in [3.8, 4) is 0 Å². The predicted octanol–water partition coefficient (Wildman–Crippen LogP) is 0.00580. The maximum absolute atomic E-state index is 10.8. The number of carbonyl (C=O) groups excluding carboxylic acids is 1. The van der Waals surface area contributed by atoms with Crippen molar-refractivity contribution in [3.63, 3.8) is 0 Å². The van der Waals surface area contributed by atoms with Crippen LogP contribution in [0.1, 0.15) is 13.3 Å². The summed E-state index contributed by atoms with van der Waals surface area (Å²) < 4.78 is 4.81. The van der Waals surface area contributed by atoms with E-state index in [0.29, 0.717) is 6.61 Å². The lowest BCUT2D eigenvalue weighted by Gasteiger charge is -2.10. The van der Waals surface area contributed by atoms with Crippen molar-refractivity contribution < 1.29 is 9.53 Å². The van der Waals surface area contributed by atoms with Gasteiger partial charge in [-0.1, -0.05) is 6.92 Å². The average molecular weight is 160 g/mol. The van der Waals surface area contributed by atoms with E-state index in [0.717, 1.165) is 6.42 Å². The molecule has 0 aliphatic rings. The van der Waals surface area contributed by atoms with Crippen LogP contribution in [0.2, 0.25) is 0 Å². The van der Waals surface area contributed by atoms with E-state index >= 15 is 0 Å². The molecule has 0 fully saturated rings. The molecule has 0 aliphatic heterocycles. The van der Waals surface area contributed by atoms with Crippen molar-refractivity contribution in [2.24, 2.45) is 0 Å². The smallest absolute Gasteiger partial charge is 0.321 e. The molecule has 4 nitrogen and oxygen atoms in total. The van der Waals surface area contributed by atoms with Gasteiger partial charge in [-0.05, 0) is 6.42 Å². The van der Waals surface area contributed by atoms with E-state index in [4.69, 9.17) is 4.74 Å². The maximum atomic E-state index is 10.8. The van der Waals surface area contributed by atoms with Crippen LogP contribution in [-0.4, -0.2) is 38.2 Å². The van der Waals surface area contributed by atoms with Crippen molar-refractivity contribution >= 4 is 5.97 Å². The molecule has 0 rings (SSSR count). The van der Waals surface area contributed by atoms with Crippen LogP contribution in [0.3, 0.4) is 0 Å². The number of hydrogen-bond acceptors (Lipinski definition) is 4. The van der Waals surface area contributed by atoms with Gasteiger partial charge in [0.1, 0.15) is 6.54 Å². The van der Waals surface area contributed by atoms with Gasteiger partial charge in [0.2, 0.25) is 0 Å². The van der Waals surface area contributed by atoms with E-state index in [2.05, 4.69) is 5.43 Å². The van der Waals surface area contributed by atoms with Gasteiger partial charge in [0, 0.05) is 14.1 Å². The number of esters is 1. The Bertz CT molecular complexity index is 115. The van der Waals surface area contributed by atoms with Crippen molar-refractivity contribution in [2.75, 3.05) is 27.2 Å². The van der Waals surface area contributed by atoms with Crippen molar-refractivity contribution in [1.82, 2.24) is 10.4 Å². The number of ether oxygens (including phenoxy) is 1. The molecule has 0 unspecified atom stereocenters. The first-order valence-electron chi connectivity index (χ1n) is 3.73. The number of nitrogens with zero attached hydrogens (tertiary/aromatic N) is 1. The Kier molecular flexibility index (Phi) is 5.78. The Morgan fingerprint density at radius 2 is 2.18 bits per heavy atom. The van der Waals surface area contributed by atoms with Crippen LogP contribution in [0.4, 0.5) is 0 Å². The molecule has 0 spiro atoms. The number of rotatable bonds is 5. The lowest BCUT2D eigenvalue weighted by molar-refractivity contribution is -0.143. The summed E-state index contributed by atoms with van der Waals surface area (Å²) in [5, 5.41) is 1.72. The highest BCUT2D eigenvalue weighted by atomic mass is 16.5. The van der Waals surface area contributed by atoms with Gasteiger partial charge < -0.3 is 4.74 Å². The van der Waals surface area contributed by atoms with Gasteiger partial charge in [-0.25, -0.2) is 5.43 Å². The van der Waals surface area contributed by atoms with Crippen LogP contribution in [-0.2, 0) is 9.53 Å². The van der Waals surface area contributed by atoms with E-state index < -0.39 is 0 Å². The summed E-state index contributed by atoms with van der Waals surface area (Å²) in [6.07, 6.45) is 0.869. The van der Waals surface area contributed by atoms with Gasteiger partial charge in [-0.2, -0.15) is 0 Å². The third kappa shape index (κ3) is 7.29. The normalized spacial score (nSPS) is 10.2. The molecule has 0 aromatic rings. The van der Waals surface area contributed by atoms with E-state index in [9.17, 15) is 4.79 Å². The molecule has 0 aromatic heterocycles. The second kappa shape index (κ2) is 6.12. The van der Waals surface area contributed by atoms with Crippen molar-refractivity contribution in [2.45, 2.75) is 13.3 Å². The molecule has 11 heavy (non-hydrogen) atoms. The van der Waals surface area contributed by atoms with Crippen LogP contribution in [0.25, 0.3) is 0 Å². The Morgan fingerprint density at radius 1 is 1.55 bits per heavy atom. The molecular formula is C7H16N2O2. The summed E-state index contributed by atoms with van der Waals surface area (Å²) in [4.78, 5) is 10.8. The lowest BCUT2D eigenvalue weighted by atomic mass is 10.5. The standard InChI is InChI=1S/C7H16N2O2/c1-4-5-11-7(10)6-8-9(2)3/h8H,4-6H2,1-3H3. The van der Waals surface area contributed by atoms with Crippen LogP contribution in [0.5, 0.6) is 0 Å². The van der Waals surface area contributed by atoms with Crippen molar-refractivity contribution in [3.05, 3.63) is 0 Å². The third-order valence-electron chi connectivity index (χ3n) is 1.01. The van der Waals surface area contributed by atoms with Crippen LogP contribution in [0, 0.1) is 0 Å². The molecule has 0 heterocycles. The first-order chi connectivity index (χ1) is 5.16. The summed E-state index contributed by atoms with van der Waals surface area (Å²) in [6.45, 7) is 2.72. The molecule has 1 N–H and O–H groups in total. The first kappa shape index (κ1) is 10.4. The van der Waals surface area contributed by atoms with Gasteiger partial charge in [0.15, 0.2) is 0 Å². The summed E-state index contributed by atoms with van der Waals surface area (Å²) in [7, 11) is 3.65. The van der Waals surface area contributed by atoms with Crippen LogP contribution in [0.15, 0.2) is 0 Å². The topological polar surface area (TPSA) is 41.6 Å². The molecule has 0 radical (unpaired) electrons. The molecule has 0 atom stereocenters. The molecule has 0 amide bonds. The van der Waals surface area contributed by atoms with Gasteiger partial charge in [0.05, 0.1) is 6.61 Å². The number of nitrogens with one attached hydrogen (secondary N) is 1. The molecule has 0 bridgehead atoms. The molecule has 4 heteroatoms. The Balaban J connectivity index is 3.23. The highest BCUT2D eigenvalue weighted by molar-refractivity contribution is 5.71. The zero-order valence-corrected chi connectivity index (χ0v) is 7.39. The predicted molar refractivity (Wildman–Crippen MR) is 42.9 cm³/mol. The van der Waals surface area contributed by atoms with E-state index in [1.54, 1.807) is 5.01 Å². The number of hydrogen-bond donors (Lipinski definition) is 1. The molecule has 66 valence electrons. The maximum Gasteiger partial charge on any atom is 0.321 e. The fourth-order valence-corrected chi connectivity index (χ4v) is 0.490. The highest BCUT2D eigenvalue weighted by Crippen LogP contribution is 1.80. The van der Waals surface area contributed by atoms with E-state index in [1.165, 1.54) is 0 Å². The molecule has 0 saturated heterocycles. The zero-order chi connectivity index (χ0) is 8.69. The van der Waals surface area contributed by atoms with Crippen LogP contribution >= 0.6 is 0 Å². The number of hydrazine groups is 1.